The molecule has 0 nitrogen and oxygen atoms in total. The minimum Gasteiger partial charge on any atom is -0.0843 e. The first-order chi connectivity index (χ1) is 8.06. The van der Waals surface area contributed by atoms with Gasteiger partial charge in [-0.15, -0.1) is 0 Å². The van der Waals surface area contributed by atoms with Gasteiger partial charge in [-0.25, -0.2) is 0 Å². The molecule has 1 unspecified atom stereocenters. The van der Waals surface area contributed by atoms with Crippen LogP contribution in [0.15, 0.2) is 42.5 Å². The minimum atomic E-state index is 0.136. The maximum Gasteiger partial charge on any atom is 0.0645 e. The summed E-state index contributed by atoms with van der Waals surface area (Å²) in [4.78, 5) is 0.136. The predicted molar refractivity (Wildman–Crippen MR) is 78.4 cm³/mol. The lowest BCUT2D eigenvalue weighted by atomic mass is 10.0. The van der Waals surface area contributed by atoms with Crippen LogP contribution in [0, 0.1) is 6.92 Å². The van der Waals surface area contributed by atoms with Gasteiger partial charge in [0.05, 0.1) is 4.83 Å². The second-order valence-electron chi connectivity index (χ2n) is 3.98. The molecular formula is C14H11BrCl2. The smallest absolute Gasteiger partial charge is 0.0645 e. The summed E-state index contributed by atoms with van der Waals surface area (Å²) in [5.74, 6) is 0. The van der Waals surface area contributed by atoms with Crippen molar-refractivity contribution in [2.24, 2.45) is 0 Å². The molecule has 0 radical (unpaired) electrons. The number of aryl methyl sites for hydroxylation is 1. The van der Waals surface area contributed by atoms with Crippen LogP contribution in [0.2, 0.25) is 10.0 Å². The molecule has 0 saturated carbocycles. The largest absolute Gasteiger partial charge is 0.0843 e. The topological polar surface area (TPSA) is 0 Å². The molecule has 0 saturated heterocycles. The molecule has 0 fully saturated rings. The Bertz CT molecular complexity index is 500. The molecule has 17 heavy (non-hydrogen) atoms. The van der Waals surface area contributed by atoms with Crippen LogP contribution in [-0.2, 0) is 0 Å². The maximum atomic E-state index is 6.06. The summed E-state index contributed by atoms with van der Waals surface area (Å²) >= 11 is 15.6. The Morgan fingerprint density at radius 3 is 2.12 bits per heavy atom. The summed E-state index contributed by atoms with van der Waals surface area (Å²) in [6.07, 6.45) is 0. The van der Waals surface area contributed by atoms with E-state index in [4.69, 9.17) is 23.2 Å². The van der Waals surface area contributed by atoms with Crippen LogP contribution in [0.1, 0.15) is 21.5 Å². The molecule has 0 aromatic heterocycles. The highest BCUT2D eigenvalue weighted by Crippen LogP contribution is 2.33. The number of halogens is 3. The van der Waals surface area contributed by atoms with Crippen molar-refractivity contribution >= 4 is 39.1 Å². The number of hydrogen-bond acceptors (Lipinski definition) is 0. The molecule has 0 aliphatic rings. The van der Waals surface area contributed by atoms with Gasteiger partial charge in [0, 0.05) is 10.0 Å². The van der Waals surface area contributed by atoms with Crippen molar-refractivity contribution in [3.8, 4) is 0 Å². The lowest BCUT2D eigenvalue weighted by molar-refractivity contribution is 1.17. The SMILES string of the molecule is Cc1cc(Cl)cc(C(Br)c2ccc(Cl)cc2)c1. The van der Waals surface area contributed by atoms with Crippen molar-refractivity contribution in [3.05, 3.63) is 69.2 Å². The molecule has 0 N–H and O–H groups in total. The zero-order valence-electron chi connectivity index (χ0n) is 9.25. The van der Waals surface area contributed by atoms with Crippen molar-refractivity contribution in [2.45, 2.75) is 11.8 Å². The van der Waals surface area contributed by atoms with E-state index in [-0.39, 0.29) is 4.83 Å². The summed E-state index contributed by atoms with van der Waals surface area (Å²) in [5, 5.41) is 1.51. The fourth-order valence-corrected chi connectivity index (χ4v) is 2.73. The number of benzene rings is 2. The highest BCUT2D eigenvalue weighted by atomic mass is 79.9. The van der Waals surface area contributed by atoms with Gasteiger partial charge in [0.15, 0.2) is 0 Å². The van der Waals surface area contributed by atoms with Gasteiger partial charge in [-0.3, -0.25) is 0 Å². The quantitative estimate of drug-likeness (QED) is 0.612. The standard InChI is InChI=1S/C14H11BrCl2/c1-9-6-11(8-13(17)7-9)14(15)10-2-4-12(16)5-3-10/h2-8,14H,1H3. The second-order valence-corrected chi connectivity index (χ2v) is 5.76. The minimum absolute atomic E-state index is 0.136. The molecule has 0 spiro atoms. The van der Waals surface area contributed by atoms with Crippen molar-refractivity contribution in [1.82, 2.24) is 0 Å². The number of rotatable bonds is 2. The molecule has 0 aliphatic heterocycles. The first kappa shape index (κ1) is 12.9. The van der Waals surface area contributed by atoms with E-state index in [0.29, 0.717) is 0 Å². The summed E-state index contributed by atoms with van der Waals surface area (Å²) in [5.41, 5.74) is 3.47. The van der Waals surface area contributed by atoms with E-state index >= 15 is 0 Å². The summed E-state index contributed by atoms with van der Waals surface area (Å²) in [7, 11) is 0. The van der Waals surface area contributed by atoms with Crippen molar-refractivity contribution in [1.29, 1.82) is 0 Å². The molecule has 0 aliphatic carbocycles. The van der Waals surface area contributed by atoms with Crippen molar-refractivity contribution in [3.63, 3.8) is 0 Å². The van der Waals surface area contributed by atoms with E-state index in [1.807, 2.05) is 43.3 Å². The maximum absolute atomic E-state index is 6.06. The zero-order chi connectivity index (χ0) is 12.4. The Hall–Kier alpha value is -0.500. The Labute approximate surface area is 120 Å². The predicted octanol–water partition coefficient (Wildman–Crippen LogP) is 5.79. The Balaban J connectivity index is 2.36. The fourth-order valence-electron chi connectivity index (χ4n) is 1.74. The fraction of sp³-hybridized carbons (Fsp3) is 0.143. The monoisotopic (exact) mass is 328 g/mol. The Morgan fingerprint density at radius 1 is 0.882 bits per heavy atom. The normalized spacial score (nSPS) is 12.5. The molecule has 88 valence electrons. The van der Waals surface area contributed by atoms with Crippen LogP contribution in [-0.4, -0.2) is 0 Å². The van der Waals surface area contributed by atoms with Crippen molar-refractivity contribution < 1.29 is 0 Å². The van der Waals surface area contributed by atoms with Crippen LogP contribution in [0.4, 0.5) is 0 Å². The van der Waals surface area contributed by atoms with Crippen LogP contribution in [0.3, 0.4) is 0 Å². The van der Waals surface area contributed by atoms with E-state index in [9.17, 15) is 0 Å². The van der Waals surface area contributed by atoms with Gasteiger partial charge in [0.1, 0.15) is 0 Å². The highest BCUT2D eigenvalue weighted by molar-refractivity contribution is 9.09. The molecule has 2 aromatic rings. The molecule has 0 amide bonds. The van der Waals surface area contributed by atoms with Gasteiger partial charge >= 0.3 is 0 Å². The highest BCUT2D eigenvalue weighted by Gasteiger charge is 2.11. The molecule has 2 aromatic carbocycles. The molecule has 0 heterocycles. The third-order valence-corrected chi connectivity index (χ3v) is 4.05. The van der Waals surface area contributed by atoms with Gasteiger partial charge in [0.25, 0.3) is 0 Å². The van der Waals surface area contributed by atoms with Crippen LogP contribution < -0.4 is 0 Å². The molecular weight excluding hydrogens is 319 g/mol. The van der Waals surface area contributed by atoms with E-state index < -0.39 is 0 Å². The van der Waals surface area contributed by atoms with Gasteiger partial charge < -0.3 is 0 Å². The van der Waals surface area contributed by atoms with Gasteiger partial charge in [-0.1, -0.05) is 57.3 Å². The van der Waals surface area contributed by atoms with E-state index in [0.717, 1.165) is 26.7 Å². The third kappa shape index (κ3) is 3.25. The van der Waals surface area contributed by atoms with Crippen molar-refractivity contribution in [2.75, 3.05) is 0 Å². The molecule has 2 rings (SSSR count). The first-order valence-corrected chi connectivity index (χ1v) is 6.90. The van der Waals surface area contributed by atoms with Crippen LogP contribution >= 0.6 is 39.1 Å². The summed E-state index contributed by atoms with van der Waals surface area (Å²) in [6.45, 7) is 2.04. The average molecular weight is 330 g/mol. The lowest BCUT2D eigenvalue weighted by Crippen LogP contribution is -1.93. The lowest BCUT2D eigenvalue weighted by Gasteiger charge is -2.12. The number of hydrogen-bond donors (Lipinski definition) is 0. The zero-order valence-corrected chi connectivity index (χ0v) is 12.4. The Kier molecular flexibility index (Phi) is 4.13. The van der Waals surface area contributed by atoms with Crippen LogP contribution in [0.25, 0.3) is 0 Å². The molecule has 0 bridgehead atoms. The van der Waals surface area contributed by atoms with Gasteiger partial charge in [-0.2, -0.15) is 0 Å². The third-order valence-electron chi connectivity index (χ3n) is 2.52. The number of alkyl halides is 1. The average Bonchev–Trinajstić information content (AvgIpc) is 2.28. The van der Waals surface area contributed by atoms with Gasteiger partial charge in [0.2, 0.25) is 0 Å². The molecule has 3 heteroatoms. The summed E-state index contributed by atoms with van der Waals surface area (Å²) < 4.78 is 0. The molecule has 1 atom stereocenters. The first-order valence-electron chi connectivity index (χ1n) is 5.23. The van der Waals surface area contributed by atoms with Gasteiger partial charge in [-0.05, 0) is 47.9 Å². The van der Waals surface area contributed by atoms with Crippen LogP contribution in [0.5, 0.6) is 0 Å². The Morgan fingerprint density at radius 2 is 1.53 bits per heavy atom. The van der Waals surface area contributed by atoms with E-state index in [2.05, 4.69) is 22.0 Å². The second kappa shape index (κ2) is 5.43. The van der Waals surface area contributed by atoms with E-state index in [1.165, 1.54) is 0 Å². The summed E-state index contributed by atoms with van der Waals surface area (Å²) in [6, 6.07) is 13.9. The van der Waals surface area contributed by atoms with E-state index in [1.54, 1.807) is 0 Å².